The van der Waals surface area contributed by atoms with Crippen molar-refractivity contribution >= 4 is 12.2 Å². The maximum absolute atomic E-state index is 11.5. The summed E-state index contributed by atoms with van der Waals surface area (Å²) in [4.78, 5) is 17.2. The van der Waals surface area contributed by atoms with Crippen molar-refractivity contribution in [2.24, 2.45) is 0 Å². The molecule has 0 saturated carbocycles. The summed E-state index contributed by atoms with van der Waals surface area (Å²) in [6, 6.07) is 0. The molecule has 1 unspecified atom stereocenters. The van der Waals surface area contributed by atoms with E-state index >= 15 is 0 Å². The molecule has 4 heteroatoms. The molecule has 0 aromatic carbocycles. The maximum atomic E-state index is 11.5. The Morgan fingerprint density at radius 2 is 2.23 bits per heavy atom. The van der Waals surface area contributed by atoms with Gasteiger partial charge >= 0.3 is 0 Å². The second-order valence-corrected chi connectivity index (χ2v) is 4.00. The molecule has 0 spiro atoms. The first kappa shape index (κ1) is 8.69. The zero-order valence-corrected chi connectivity index (χ0v) is 8.33. The van der Waals surface area contributed by atoms with Gasteiger partial charge in [0.25, 0.3) is 5.56 Å². The standard InChI is InChI=1S/C9H12N2OS/c1-5-3-2-4-6-7(5)10-9(13)11-8(6)12/h5H,2-4H2,1H3,(H2,10,11,12,13). The number of nitrogens with one attached hydrogen (secondary N) is 2. The van der Waals surface area contributed by atoms with Crippen molar-refractivity contribution in [2.45, 2.75) is 32.1 Å². The Hall–Kier alpha value is -0.900. The predicted molar refractivity (Wildman–Crippen MR) is 53.6 cm³/mol. The van der Waals surface area contributed by atoms with Crippen LogP contribution in [0.5, 0.6) is 0 Å². The third-order valence-electron chi connectivity index (χ3n) is 2.63. The van der Waals surface area contributed by atoms with Gasteiger partial charge in [0, 0.05) is 11.3 Å². The monoisotopic (exact) mass is 196 g/mol. The molecule has 0 saturated heterocycles. The Morgan fingerprint density at radius 1 is 1.46 bits per heavy atom. The molecule has 2 rings (SSSR count). The Bertz CT molecular complexity index is 432. The fourth-order valence-electron chi connectivity index (χ4n) is 1.93. The van der Waals surface area contributed by atoms with Crippen LogP contribution < -0.4 is 5.56 Å². The van der Waals surface area contributed by atoms with Gasteiger partial charge < -0.3 is 4.98 Å². The molecule has 1 aromatic heterocycles. The minimum absolute atomic E-state index is 0.00898. The largest absolute Gasteiger partial charge is 0.335 e. The highest BCUT2D eigenvalue weighted by atomic mass is 32.1. The fraction of sp³-hybridized carbons (Fsp3) is 0.556. The molecule has 0 radical (unpaired) electrons. The summed E-state index contributed by atoms with van der Waals surface area (Å²) in [6.45, 7) is 2.13. The van der Waals surface area contributed by atoms with E-state index in [-0.39, 0.29) is 5.56 Å². The van der Waals surface area contributed by atoms with Crippen molar-refractivity contribution in [3.05, 3.63) is 26.4 Å². The number of fused-ring (bicyclic) bond motifs is 1. The molecular weight excluding hydrogens is 184 g/mol. The summed E-state index contributed by atoms with van der Waals surface area (Å²) in [5.41, 5.74) is 1.93. The SMILES string of the molecule is CC1CCCc2c1[nH]c(=S)[nH]c2=O. The van der Waals surface area contributed by atoms with Crippen LogP contribution in [0.25, 0.3) is 0 Å². The summed E-state index contributed by atoms with van der Waals surface area (Å²) in [5, 5.41) is 0. The van der Waals surface area contributed by atoms with Gasteiger partial charge in [0.2, 0.25) is 0 Å². The van der Waals surface area contributed by atoms with Crippen LogP contribution in [0.4, 0.5) is 0 Å². The average Bonchev–Trinajstić information content (AvgIpc) is 2.07. The minimum Gasteiger partial charge on any atom is -0.335 e. The van der Waals surface area contributed by atoms with Crippen LogP contribution in [-0.4, -0.2) is 9.97 Å². The van der Waals surface area contributed by atoms with Gasteiger partial charge in [-0.1, -0.05) is 6.92 Å². The fourth-order valence-corrected chi connectivity index (χ4v) is 2.13. The molecular formula is C9H12N2OS. The zero-order chi connectivity index (χ0) is 9.42. The van der Waals surface area contributed by atoms with Gasteiger partial charge in [-0.3, -0.25) is 9.78 Å². The highest BCUT2D eigenvalue weighted by molar-refractivity contribution is 7.71. The second kappa shape index (κ2) is 3.10. The lowest BCUT2D eigenvalue weighted by atomic mass is 9.89. The first-order valence-corrected chi connectivity index (χ1v) is 4.94. The van der Waals surface area contributed by atoms with Gasteiger partial charge in [0.15, 0.2) is 4.77 Å². The first-order valence-electron chi connectivity index (χ1n) is 4.54. The lowest BCUT2D eigenvalue weighted by Gasteiger charge is -2.20. The maximum Gasteiger partial charge on any atom is 0.255 e. The number of hydrogen-bond acceptors (Lipinski definition) is 2. The van der Waals surface area contributed by atoms with Crippen LogP contribution in [0.15, 0.2) is 4.79 Å². The molecule has 70 valence electrons. The third-order valence-corrected chi connectivity index (χ3v) is 2.84. The molecule has 0 aliphatic heterocycles. The summed E-state index contributed by atoms with van der Waals surface area (Å²) in [7, 11) is 0. The van der Waals surface area contributed by atoms with Crippen LogP contribution in [-0.2, 0) is 6.42 Å². The van der Waals surface area contributed by atoms with Crippen LogP contribution in [0.3, 0.4) is 0 Å². The van der Waals surface area contributed by atoms with Crippen molar-refractivity contribution < 1.29 is 0 Å². The van der Waals surface area contributed by atoms with E-state index in [1.807, 2.05) is 0 Å². The Morgan fingerprint density at radius 3 is 3.00 bits per heavy atom. The van der Waals surface area contributed by atoms with E-state index in [1.54, 1.807) is 0 Å². The molecule has 0 fully saturated rings. The Kier molecular flexibility index (Phi) is 2.07. The molecule has 13 heavy (non-hydrogen) atoms. The highest BCUT2D eigenvalue weighted by Gasteiger charge is 2.19. The van der Waals surface area contributed by atoms with E-state index < -0.39 is 0 Å². The van der Waals surface area contributed by atoms with E-state index in [2.05, 4.69) is 16.9 Å². The summed E-state index contributed by atoms with van der Waals surface area (Å²) in [6.07, 6.45) is 3.12. The second-order valence-electron chi connectivity index (χ2n) is 3.59. The molecule has 0 amide bonds. The van der Waals surface area contributed by atoms with E-state index in [1.165, 1.54) is 0 Å². The summed E-state index contributed by atoms with van der Waals surface area (Å²) in [5.74, 6) is 0.438. The molecule has 1 atom stereocenters. The Labute approximate surface area is 81.2 Å². The van der Waals surface area contributed by atoms with Crippen molar-refractivity contribution in [1.82, 2.24) is 9.97 Å². The van der Waals surface area contributed by atoms with Crippen LogP contribution in [0.1, 0.15) is 36.9 Å². The van der Waals surface area contributed by atoms with Crippen molar-refractivity contribution in [3.63, 3.8) is 0 Å². The summed E-state index contributed by atoms with van der Waals surface area (Å²) < 4.78 is 0.442. The molecule has 1 aromatic rings. The van der Waals surface area contributed by atoms with Crippen LogP contribution in [0.2, 0.25) is 0 Å². The molecule has 2 N–H and O–H groups in total. The van der Waals surface area contributed by atoms with Gasteiger partial charge in [-0.05, 0) is 37.4 Å². The normalized spacial score (nSPS) is 21.2. The number of hydrogen-bond donors (Lipinski definition) is 2. The van der Waals surface area contributed by atoms with Crippen LogP contribution in [0, 0.1) is 4.77 Å². The molecule has 1 heterocycles. The highest BCUT2D eigenvalue weighted by Crippen LogP contribution is 2.26. The van der Waals surface area contributed by atoms with Gasteiger partial charge in [-0.25, -0.2) is 0 Å². The van der Waals surface area contributed by atoms with Gasteiger partial charge in [0.05, 0.1) is 0 Å². The minimum atomic E-state index is -0.00898. The Balaban J connectivity index is 2.70. The van der Waals surface area contributed by atoms with Crippen LogP contribution >= 0.6 is 12.2 Å². The molecule has 1 aliphatic rings. The van der Waals surface area contributed by atoms with E-state index in [0.29, 0.717) is 10.7 Å². The van der Waals surface area contributed by atoms with Gasteiger partial charge in [0.1, 0.15) is 0 Å². The molecule has 0 bridgehead atoms. The van der Waals surface area contributed by atoms with Crippen molar-refractivity contribution in [1.29, 1.82) is 0 Å². The van der Waals surface area contributed by atoms with Crippen molar-refractivity contribution in [3.8, 4) is 0 Å². The number of rotatable bonds is 0. The van der Waals surface area contributed by atoms with E-state index in [0.717, 1.165) is 30.5 Å². The number of aromatic amines is 2. The third kappa shape index (κ3) is 1.46. The number of aromatic nitrogens is 2. The van der Waals surface area contributed by atoms with E-state index in [4.69, 9.17) is 12.2 Å². The average molecular weight is 196 g/mol. The van der Waals surface area contributed by atoms with E-state index in [9.17, 15) is 4.79 Å². The summed E-state index contributed by atoms with van der Waals surface area (Å²) >= 11 is 4.93. The lowest BCUT2D eigenvalue weighted by Crippen LogP contribution is -2.22. The smallest absolute Gasteiger partial charge is 0.255 e. The molecule has 3 nitrogen and oxygen atoms in total. The quantitative estimate of drug-likeness (QED) is 0.622. The van der Waals surface area contributed by atoms with Crippen molar-refractivity contribution in [2.75, 3.05) is 0 Å². The topological polar surface area (TPSA) is 48.6 Å². The molecule has 1 aliphatic carbocycles. The lowest BCUT2D eigenvalue weighted by molar-refractivity contribution is 0.564. The van der Waals surface area contributed by atoms with Gasteiger partial charge in [-0.2, -0.15) is 0 Å². The zero-order valence-electron chi connectivity index (χ0n) is 7.52. The first-order chi connectivity index (χ1) is 6.18. The number of H-pyrrole nitrogens is 2. The van der Waals surface area contributed by atoms with Gasteiger partial charge in [-0.15, -0.1) is 0 Å². The predicted octanol–water partition coefficient (Wildman–Crippen LogP) is 1.87.